The molecule has 0 aliphatic carbocycles. The summed E-state index contributed by atoms with van der Waals surface area (Å²) >= 11 is 0. The number of halogens is 3. The number of hydrogen-bond acceptors (Lipinski definition) is 4. The van der Waals surface area contributed by atoms with Crippen LogP contribution >= 0.6 is 0 Å². The van der Waals surface area contributed by atoms with Gasteiger partial charge in [-0.1, -0.05) is 36.4 Å². The van der Waals surface area contributed by atoms with Gasteiger partial charge in [0.25, 0.3) is 5.91 Å². The summed E-state index contributed by atoms with van der Waals surface area (Å²) in [7, 11) is 0. The number of aryl methyl sites for hydroxylation is 1. The summed E-state index contributed by atoms with van der Waals surface area (Å²) in [6.45, 7) is 1.97. The fourth-order valence-corrected chi connectivity index (χ4v) is 3.41. The third kappa shape index (κ3) is 4.27. The number of alkyl halides is 3. The molecule has 0 aliphatic heterocycles. The highest BCUT2D eigenvalue weighted by Crippen LogP contribution is 2.41. The largest absolute Gasteiger partial charge is 0.461 e. The Hall–Kier alpha value is -3.33. The topological polar surface area (TPSA) is 106 Å². The molecule has 1 heterocycles. The van der Waals surface area contributed by atoms with Crippen molar-refractivity contribution in [3.8, 4) is 0 Å². The van der Waals surface area contributed by atoms with Gasteiger partial charge in [0.1, 0.15) is 22.8 Å². The number of nitrogens with two attached hydrogens (primary N) is 1. The van der Waals surface area contributed by atoms with Crippen LogP contribution in [0.15, 0.2) is 52.9 Å². The molecule has 4 N–H and O–H groups in total. The quantitative estimate of drug-likeness (QED) is 0.553. The highest BCUT2D eigenvalue weighted by atomic mass is 19.4. The van der Waals surface area contributed by atoms with Crippen molar-refractivity contribution in [2.45, 2.75) is 31.5 Å². The first-order chi connectivity index (χ1) is 14.5. The Kier molecular flexibility index (Phi) is 5.82. The number of furan rings is 1. The first-order valence-electron chi connectivity index (χ1n) is 9.36. The van der Waals surface area contributed by atoms with Crippen LogP contribution in [0.25, 0.3) is 11.0 Å². The third-order valence-electron chi connectivity index (χ3n) is 5.16. The third-order valence-corrected chi connectivity index (χ3v) is 5.16. The van der Waals surface area contributed by atoms with Gasteiger partial charge in [0.2, 0.25) is 5.91 Å². The van der Waals surface area contributed by atoms with Crippen molar-refractivity contribution in [1.29, 1.82) is 0 Å². The highest BCUT2D eigenvalue weighted by Gasteiger charge is 2.42. The van der Waals surface area contributed by atoms with Gasteiger partial charge in [-0.05, 0) is 37.1 Å². The Bertz CT molecular complexity index is 1120. The van der Waals surface area contributed by atoms with E-state index in [2.05, 4.69) is 5.32 Å². The van der Waals surface area contributed by atoms with Gasteiger partial charge >= 0.3 is 6.18 Å². The Morgan fingerprint density at radius 1 is 1.13 bits per heavy atom. The Morgan fingerprint density at radius 2 is 1.77 bits per heavy atom. The van der Waals surface area contributed by atoms with E-state index in [1.807, 2.05) is 0 Å². The summed E-state index contributed by atoms with van der Waals surface area (Å²) in [5.41, 5.74) is 3.67. The van der Waals surface area contributed by atoms with Gasteiger partial charge in [0, 0.05) is 5.39 Å². The zero-order valence-electron chi connectivity index (χ0n) is 16.8. The molecule has 0 spiro atoms. The first kappa shape index (κ1) is 22.4. The number of nitrogens with one attached hydrogen (secondary N) is 1. The van der Waals surface area contributed by atoms with Gasteiger partial charge in [0.05, 0.1) is 12.2 Å². The molecule has 0 saturated heterocycles. The summed E-state index contributed by atoms with van der Waals surface area (Å²) in [4.78, 5) is 24.5. The number of aliphatic hydroxyl groups excluding tert-OH is 1. The van der Waals surface area contributed by atoms with Crippen molar-refractivity contribution < 1.29 is 32.3 Å². The van der Waals surface area contributed by atoms with E-state index in [9.17, 15) is 27.9 Å². The van der Waals surface area contributed by atoms with Crippen LogP contribution in [0.3, 0.4) is 0 Å². The average Bonchev–Trinajstić information content (AvgIpc) is 3.02. The molecule has 2 amide bonds. The molecule has 1 unspecified atom stereocenters. The number of rotatable bonds is 6. The number of fused-ring (bicyclic) bond motifs is 1. The number of amides is 2. The predicted octanol–water partition coefficient (Wildman–Crippen LogP) is 3.40. The Labute approximate surface area is 175 Å². The van der Waals surface area contributed by atoms with Gasteiger partial charge in [-0.3, -0.25) is 9.59 Å². The van der Waals surface area contributed by atoms with Crippen molar-refractivity contribution in [3.63, 3.8) is 0 Å². The molecule has 9 heteroatoms. The second-order valence-corrected chi connectivity index (χ2v) is 7.48. The molecule has 3 rings (SSSR count). The maximum absolute atomic E-state index is 13.9. The molecular formula is C22H21F3N2O4. The van der Waals surface area contributed by atoms with Crippen LogP contribution in [0, 0.1) is 6.92 Å². The van der Waals surface area contributed by atoms with Crippen LogP contribution < -0.4 is 11.1 Å². The SMILES string of the molecule is Cc1oc2ccc(C(c3ccccc3)C(F)(F)F)cc2c1C(=O)N[C@@](C)(CO)C(N)=O. The molecule has 0 bridgehead atoms. The molecule has 0 saturated carbocycles. The minimum atomic E-state index is -4.57. The standard InChI is InChI=1S/C22H21F3N2O4/c1-12-17(19(29)27-21(2,11-28)20(26)30)15-10-14(8-9-16(15)31-12)18(22(23,24)25)13-6-4-3-5-7-13/h3-10,18,28H,11H2,1-2H3,(H2,26,30)(H,27,29)/t18?,21-/m0/s1. The van der Waals surface area contributed by atoms with E-state index in [0.717, 1.165) is 0 Å². The summed E-state index contributed by atoms with van der Waals surface area (Å²) < 4.78 is 47.3. The minimum absolute atomic E-state index is 0.0354. The summed E-state index contributed by atoms with van der Waals surface area (Å²) in [5.74, 6) is -3.52. The minimum Gasteiger partial charge on any atom is -0.461 e. The number of benzene rings is 2. The zero-order valence-corrected chi connectivity index (χ0v) is 16.8. The number of carbonyl (C=O) groups excluding carboxylic acids is 2. The number of carbonyl (C=O) groups is 2. The normalized spacial score (nSPS) is 14.8. The summed E-state index contributed by atoms with van der Waals surface area (Å²) in [5, 5.41) is 12.0. The molecule has 0 fully saturated rings. The summed E-state index contributed by atoms with van der Waals surface area (Å²) in [6.07, 6.45) is -4.57. The van der Waals surface area contributed by atoms with E-state index in [4.69, 9.17) is 10.2 Å². The van der Waals surface area contributed by atoms with Crippen molar-refractivity contribution in [3.05, 3.63) is 71.0 Å². The maximum atomic E-state index is 13.9. The van der Waals surface area contributed by atoms with Gasteiger partial charge in [-0.25, -0.2) is 0 Å². The van der Waals surface area contributed by atoms with Gasteiger partial charge < -0.3 is 20.6 Å². The van der Waals surface area contributed by atoms with Crippen LogP contribution in [0.4, 0.5) is 13.2 Å². The fraction of sp³-hybridized carbons (Fsp3) is 0.273. The molecule has 0 radical (unpaired) electrons. The van der Waals surface area contributed by atoms with Crippen molar-refractivity contribution in [2.24, 2.45) is 5.73 Å². The molecule has 6 nitrogen and oxygen atoms in total. The lowest BCUT2D eigenvalue weighted by Gasteiger charge is -2.24. The van der Waals surface area contributed by atoms with Gasteiger partial charge in [0.15, 0.2) is 0 Å². The van der Waals surface area contributed by atoms with Crippen molar-refractivity contribution in [2.75, 3.05) is 6.61 Å². The van der Waals surface area contributed by atoms with E-state index in [0.29, 0.717) is 0 Å². The van der Waals surface area contributed by atoms with Crippen LogP contribution in [0.5, 0.6) is 0 Å². The fourth-order valence-electron chi connectivity index (χ4n) is 3.41. The lowest BCUT2D eigenvalue weighted by molar-refractivity contribution is -0.141. The van der Waals surface area contributed by atoms with Crippen molar-refractivity contribution >= 4 is 22.8 Å². The lowest BCUT2D eigenvalue weighted by atomic mass is 9.89. The van der Waals surface area contributed by atoms with E-state index >= 15 is 0 Å². The number of primary amides is 1. The van der Waals surface area contributed by atoms with Crippen LogP contribution in [-0.4, -0.2) is 35.2 Å². The van der Waals surface area contributed by atoms with Gasteiger partial charge in [-0.2, -0.15) is 13.2 Å². The molecule has 1 aromatic heterocycles. The van der Waals surface area contributed by atoms with E-state index in [1.165, 1.54) is 56.3 Å². The smallest absolute Gasteiger partial charge is 0.399 e. The summed E-state index contributed by atoms with van der Waals surface area (Å²) in [6, 6.07) is 11.4. The monoisotopic (exact) mass is 434 g/mol. The lowest BCUT2D eigenvalue weighted by Crippen LogP contribution is -2.57. The van der Waals surface area contributed by atoms with Crippen molar-refractivity contribution in [1.82, 2.24) is 5.32 Å². The second-order valence-electron chi connectivity index (χ2n) is 7.48. The molecule has 31 heavy (non-hydrogen) atoms. The van der Waals surface area contributed by atoms with E-state index in [1.54, 1.807) is 6.07 Å². The number of hydrogen-bond donors (Lipinski definition) is 3. The van der Waals surface area contributed by atoms with Gasteiger partial charge in [-0.15, -0.1) is 0 Å². The Morgan fingerprint density at radius 3 is 2.32 bits per heavy atom. The number of aliphatic hydroxyl groups is 1. The molecule has 2 atom stereocenters. The maximum Gasteiger partial charge on any atom is 0.399 e. The van der Waals surface area contributed by atoms with Crippen LogP contribution in [0.2, 0.25) is 0 Å². The molecule has 2 aromatic carbocycles. The molecular weight excluding hydrogens is 413 g/mol. The van der Waals surface area contributed by atoms with E-state index in [-0.39, 0.29) is 33.4 Å². The second kappa shape index (κ2) is 8.07. The molecule has 164 valence electrons. The average molecular weight is 434 g/mol. The zero-order chi connectivity index (χ0) is 23.0. The van der Waals surface area contributed by atoms with Crippen LogP contribution in [-0.2, 0) is 4.79 Å². The molecule has 0 aliphatic rings. The first-order valence-corrected chi connectivity index (χ1v) is 9.36. The predicted molar refractivity (Wildman–Crippen MR) is 107 cm³/mol. The van der Waals surface area contributed by atoms with Crippen LogP contribution in [0.1, 0.15) is 40.1 Å². The highest BCUT2D eigenvalue weighted by molar-refractivity contribution is 6.09. The van der Waals surface area contributed by atoms with E-state index < -0.39 is 36.1 Å². The Balaban J connectivity index is 2.12. The molecule has 3 aromatic rings.